The highest BCUT2D eigenvalue weighted by atomic mass is 19.1. The van der Waals surface area contributed by atoms with Gasteiger partial charge in [-0.3, -0.25) is 0 Å². The minimum atomic E-state index is -0.538. The van der Waals surface area contributed by atoms with E-state index in [0.717, 1.165) is 0 Å². The molecule has 0 aliphatic rings. The minimum absolute atomic E-state index is 0.420. The molecule has 3 nitrogen and oxygen atoms in total. The predicted octanol–water partition coefficient (Wildman–Crippen LogP) is 1.01. The number of anilines is 1. The third kappa shape index (κ3) is 1.86. The van der Waals surface area contributed by atoms with Gasteiger partial charge < -0.3 is 4.90 Å². The quantitative estimate of drug-likeness (QED) is 0.638. The first-order chi connectivity index (χ1) is 5.24. The van der Waals surface area contributed by atoms with Crippen LogP contribution in [0.1, 0.15) is 5.69 Å². The zero-order chi connectivity index (χ0) is 8.27. The van der Waals surface area contributed by atoms with Crippen molar-refractivity contribution in [3.05, 3.63) is 18.0 Å². The molecule has 0 atom stereocenters. The molecule has 0 saturated heterocycles. The van der Waals surface area contributed by atoms with Crippen molar-refractivity contribution in [1.29, 1.82) is 0 Å². The van der Waals surface area contributed by atoms with Crippen molar-refractivity contribution < 1.29 is 4.39 Å². The summed E-state index contributed by atoms with van der Waals surface area (Å²) in [5.74, 6) is 0.542. The Labute approximate surface area is 64.9 Å². The molecule has 1 aromatic heterocycles. The Morgan fingerprint density at radius 2 is 2.27 bits per heavy atom. The standard InChI is InChI=1S/C7H10FN3/c1-11(2)7-9-4-3-6(5-8)10-7/h3-4H,5H2,1-2H3. The van der Waals surface area contributed by atoms with Gasteiger partial charge in [-0.05, 0) is 6.07 Å². The molecule has 0 aliphatic carbocycles. The number of rotatable bonds is 2. The second-order valence-corrected chi connectivity index (χ2v) is 2.38. The van der Waals surface area contributed by atoms with Gasteiger partial charge in [-0.2, -0.15) is 0 Å². The maximum absolute atomic E-state index is 12.1. The van der Waals surface area contributed by atoms with E-state index >= 15 is 0 Å². The van der Waals surface area contributed by atoms with E-state index in [4.69, 9.17) is 0 Å². The van der Waals surface area contributed by atoms with Crippen LogP contribution in [-0.4, -0.2) is 24.1 Å². The Morgan fingerprint density at radius 1 is 1.55 bits per heavy atom. The van der Waals surface area contributed by atoms with Gasteiger partial charge in [-0.15, -0.1) is 0 Å². The summed E-state index contributed by atoms with van der Waals surface area (Å²) >= 11 is 0. The van der Waals surface area contributed by atoms with Crippen molar-refractivity contribution in [3.63, 3.8) is 0 Å². The van der Waals surface area contributed by atoms with Crippen LogP contribution in [-0.2, 0) is 6.67 Å². The Morgan fingerprint density at radius 3 is 2.82 bits per heavy atom. The first kappa shape index (κ1) is 7.91. The Hall–Kier alpha value is -1.19. The predicted molar refractivity (Wildman–Crippen MR) is 41.2 cm³/mol. The summed E-state index contributed by atoms with van der Waals surface area (Å²) in [6, 6.07) is 1.56. The number of halogens is 1. The van der Waals surface area contributed by atoms with E-state index in [2.05, 4.69) is 9.97 Å². The smallest absolute Gasteiger partial charge is 0.225 e. The average molecular weight is 155 g/mol. The van der Waals surface area contributed by atoms with Crippen molar-refractivity contribution >= 4 is 5.95 Å². The fourth-order valence-corrected chi connectivity index (χ4v) is 0.674. The average Bonchev–Trinajstić information content (AvgIpc) is 2.05. The lowest BCUT2D eigenvalue weighted by Crippen LogP contribution is -2.12. The molecule has 0 fully saturated rings. The fraction of sp³-hybridized carbons (Fsp3) is 0.429. The summed E-state index contributed by atoms with van der Waals surface area (Å²) in [6.07, 6.45) is 1.55. The van der Waals surface area contributed by atoms with Gasteiger partial charge in [-0.1, -0.05) is 0 Å². The van der Waals surface area contributed by atoms with Crippen LogP contribution in [0.4, 0.5) is 10.3 Å². The van der Waals surface area contributed by atoms with E-state index < -0.39 is 6.67 Å². The van der Waals surface area contributed by atoms with E-state index in [1.54, 1.807) is 17.2 Å². The third-order valence-corrected chi connectivity index (χ3v) is 1.24. The van der Waals surface area contributed by atoms with Crippen molar-refractivity contribution in [2.45, 2.75) is 6.67 Å². The van der Waals surface area contributed by atoms with Crippen LogP contribution >= 0.6 is 0 Å². The molecule has 1 heterocycles. The molecule has 0 aromatic carbocycles. The van der Waals surface area contributed by atoms with Crippen LogP contribution in [0.5, 0.6) is 0 Å². The summed E-state index contributed by atoms with van der Waals surface area (Å²) < 4.78 is 12.1. The molecule has 0 N–H and O–H groups in total. The first-order valence-electron chi connectivity index (χ1n) is 3.29. The maximum atomic E-state index is 12.1. The lowest BCUT2D eigenvalue weighted by molar-refractivity contribution is 0.475. The second-order valence-electron chi connectivity index (χ2n) is 2.38. The van der Waals surface area contributed by atoms with Crippen molar-refractivity contribution in [1.82, 2.24) is 9.97 Å². The lowest BCUT2D eigenvalue weighted by Gasteiger charge is -2.09. The van der Waals surface area contributed by atoms with Gasteiger partial charge in [0.05, 0.1) is 5.69 Å². The van der Waals surface area contributed by atoms with Gasteiger partial charge in [0, 0.05) is 20.3 Å². The number of hydrogen-bond donors (Lipinski definition) is 0. The molecule has 0 radical (unpaired) electrons. The first-order valence-corrected chi connectivity index (χ1v) is 3.29. The molecule has 4 heteroatoms. The summed E-state index contributed by atoms with van der Waals surface area (Å²) in [7, 11) is 3.63. The van der Waals surface area contributed by atoms with Gasteiger partial charge in [0.1, 0.15) is 6.67 Å². The van der Waals surface area contributed by atoms with Crippen molar-refractivity contribution in [2.75, 3.05) is 19.0 Å². The normalized spacial score (nSPS) is 9.73. The van der Waals surface area contributed by atoms with Gasteiger partial charge in [0.2, 0.25) is 5.95 Å². The van der Waals surface area contributed by atoms with E-state index in [9.17, 15) is 4.39 Å². The highest BCUT2D eigenvalue weighted by molar-refractivity contribution is 5.26. The molecular weight excluding hydrogens is 145 g/mol. The number of hydrogen-bond acceptors (Lipinski definition) is 3. The molecule has 0 spiro atoms. The van der Waals surface area contributed by atoms with Crippen LogP contribution in [0, 0.1) is 0 Å². The Bertz CT molecular complexity index is 237. The monoisotopic (exact) mass is 155 g/mol. The third-order valence-electron chi connectivity index (χ3n) is 1.24. The fourth-order valence-electron chi connectivity index (χ4n) is 0.674. The number of nitrogens with zero attached hydrogens (tertiary/aromatic N) is 3. The Balaban J connectivity index is 2.91. The van der Waals surface area contributed by atoms with Gasteiger partial charge in [0.15, 0.2) is 0 Å². The van der Waals surface area contributed by atoms with Gasteiger partial charge in [0.25, 0.3) is 0 Å². The molecule has 60 valence electrons. The van der Waals surface area contributed by atoms with E-state index in [1.165, 1.54) is 0 Å². The van der Waals surface area contributed by atoms with E-state index in [0.29, 0.717) is 11.6 Å². The van der Waals surface area contributed by atoms with Gasteiger partial charge >= 0.3 is 0 Å². The molecule has 0 saturated carbocycles. The van der Waals surface area contributed by atoms with E-state index in [1.807, 2.05) is 14.1 Å². The van der Waals surface area contributed by atoms with Crippen molar-refractivity contribution in [2.24, 2.45) is 0 Å². The zero-order valence-corrected chi connectivity index (χ0v) is 6.58. The Kier molecular flexibility index (Phi) is 2.36. The summed E-state index contributed by atoms with van der Waals surface area (Å²) in [5, 5.41) is 0. The van der Waals surface area contributed by atoms with E-state index in [-0.39, 0.29) is 0 Å². The highest BCUT2D eigenvalue weighted by Crippen LogP contribution is 2.03. The van der Waals surface area contributed by atoms with Crippen LogP contribution < -0.4 is 4.90 Å². The zero-order valence-electron chi connectivity index (χ0n) is 6.58. The molecule has 1 rings (SSSR count). The van der Waals surface area contributed by atoms with Crippen molar-refractivity contribution in [3.8, 4) is 0 Å². The molecule has 0 unspecified atom stereocenters. The minimum Gasteiger partial charge on any atom is -0.347 e. The highest BCUT2D eigenvalue weighted by Gasteiger charge is 1.99. The molecule has 11 heavy (non-hydrogen) atoms. The SMILES string of the molecule is CN(C)c1nccc(CF)n1. The maximum Gasteiger partial charge on any atom is 0.225 e. The topological polar surface area (TPSA) is 29.0 Å². The summed E-state index contributed by atoms with van der Waals surface area (Å²) in [5.41, 5.74) is 0.420. The van der Waals surface area contributed by atoms with Crippen LogP contribution in [0.2, 0.25) is 0 Å². The molecule has 0 amide bonds. The van der Waals surface area contributed by atoms with Gasteiger partial charge in [-0.25, -0.2) is 14.4 Å². The molecule has 1 aromatic rings. The second kappa shape index (κ2) is 3.27. The summed E-state index contributed by atoms with van der Waals surface area (Å²) in [6.45, 7) is -0.538. The van der Waals surface area contributed by atoms with Crippen LogP contribution in [0.25, 0.3) is 0 Å². The number of alkyl halides is 1. The molecule has 0 aliphatic heterocycles. The van der Waals surface area contributed by atoms with Crippen LogP contribution in [0.3, 0.4) is 0 Å². The lowest BCUT2D eigenvalue weighted by atomic mass is 10.4. The molecular formula is C7H10FN3. The number of aromatic nitrogens is 2. The van der Waals surface area contributed by atoms with Crippen LogP contribution in [0.15, 0.2) is 12.3 Å². The summed E-state index contributed by atoms with van der Waals surface area (Å²) in [4.78, 5) is 9.60. The molecule has 0 bridgehead atoms. The largest absolute Gasteiger partial charge is 0.347 e.